The molecule has 0 saturated heterocycles. The van der Waals surface area contributed by atoms with Crippen LogP contribution in [0.4, 0.5) is 4.39 Å². The monoisotopic (exact) mass is 383 g/mol. The van der Waals surface area contributed by atoms with Crippen molar-refractivity contribution in [3.05, 3.63) is 64.8 Å². The second-order valence-corrected chi connectivity index (χ2v) is 7.02. The van der Waals surface area contributed by atoms with Crippen LogP contribution in [0, 0.1) is 5.82 Å². The smallest absolute Gasteiger partial charge is 0.281 e. The second kappa shape index (κ2) is 7.46. The Balaban J connectivity index is 1.81. The zero-order valence-corrected chi connectivity index (χ0v) is 15.6. The molecule has 0 aliphatic rings. The highest BCUT2D eigenvalue weighted by Crippen LogP contribution is 2.20. The second-order valence-electron chi connectivity index (χ2n) is 6.01. The van der Waals surface area contributed by atoms with E-state index in [1.165, 1.54) is 23.5 Å². The maximum atomic E-state index is 13.6. The summed E-state index contributed by atoms with van der Waals surface area (Å²) in [5, 5.41) is 0.833. The normalized spacial score (nSPS) is 12.3. The summed E-state index contributed by atoms with van der Waals surface area (Å²) in [6.45, 7) is 3.57. The largest absolute Gasteiger partial charge is 0.380 e. The highest BCUT2D eigenvalue weighted by atomic mass is 32.1. The molecule has 4 rings (SSSR count). The van der Waals surface area contributed by atoms with Crippen LogP contribution in [0.5, 0.6) is 0 Å². The molecular weight excluding hydrogens is 365 g/mol. The molecule has 5 nitrogen and oxygen atoms in total. The van der Waals surface area contributed by atoms with E-state index < -0.39 is 0 Å². The van der Waals surface area contributed by atoms with E-state index >= 15 is 0 Å². The number of fused-ring (bicyclic) bond motifs is 2. The number of nitrogens with one attached hydrogen (secondary N) is 1. The van der Waals surface area contributed by atoms with Crippen molar-refractivity contribution in [3.63, 3.8) is 0 Å². The molecule has 0 atom stereocenters. The molecule has 0 fully saturated rings. The van der Waals surface area contributed by atoms with Crippen LogP contribution in [0.1, 0.15) is 17.3 Å². The van der Waals surface area contributed by atoms with Gasteiger partial charge in [-0.2, -0.15) is 4.99 Å². The van der Waals surface area contributed by atoms with Crippen LogP contribution in [-0.4, -0.2) is 28.7 Å². The van der Waals surface area contributed by atoms with E-state index in [4.69, 9.17) is 4.74 Å². The van der Waals surface area contributed by atoms with E-state index in [0.29, 0.717) is 30.1 Å². The maximum Gasteiger partial charge on any atom is 0.281 e. The van der Waals surface area contributed by atoms with Crippen LogP contribution in [0.15, 0.2) is 53.7 Å². The van der Waals surface area contributed by atoms with Gasteiger partial charge in [0.2, 0.25) is 0 Å². The van der Waals surface area contributed by atoms with Crippen LogP contribution in [0.25, 0.3) is 21.1 Å². The first-order chi connectivity index (χ1) is 13.2. The lowest BCUT2D eigenvalue weighted by atomic mass is 10.2. The van der Waals surface area contributed by atoms with Crippen molar-refractivity contribution in [3.8, 4) is 0 Å². The molecule has 1 amide bonds. The molecule has 0 saturated carbocycles. The van der Waals surface area contributed by atoms with Gasteiger partial charge in [0.25, 0.3) is 5.91 Å². The van der Waals surface area contributed by atoms with E-state index in [1.54, 1.807) is 12.3 Å². The van der Waals surface area contributed by atoms with Crippen molar-refractivity contribution in [1.82, 2.24) is 9.55 Å². The number of aromatic nitrogens is 2. The number of H-pyrrole nitrogens is 1. The summed E-state index contributed by atoms with van der Waals surface area (Å²) in [5.74, 6) is -0.639. The summed E-state index contributed by atoms with van der Waals surface area (Å²) in [6.07, 6.45) is 1.67. The van der Waals surface area contributed by atoms with Gasteiger partial charge in [0.1, 0.15) is 5.82 Å². The Labute approximate surface area is 158 Å². The third-order valence-corrected chi connectivity index (χ3v) is 5.37. The predicted molar refractivity (Wildman–Crippen MR) is 104 cm³/mol. The Kier molecular flexibility index (Phi) is 4.87. The Hall–Kier alpha value is -2.77. The van der Waals surface area contributed by atoms with Crippen molar-refractivity contribution < 1.29 is 13.9 Å². The molecule has 0 aliphatic heterocycles. The summed E-state index contributed by atoms with van der Waals surface area (Å²) in [6, 6.07) is 12.2. The lowest BCUT2D eigenvalue weighted by molar-refractivity contribution is 0.0998. The van der Waals surface area contributed by atoms with Gasteiger partial charge in [-0.05, 0) is 31.2 Å². The Morgan fingerprint density at radius 3 is 3.00 bits per heavy atom. The van der Waals surface area contributed by atoms with Crippen molar-refractivity contribution in [2.45, 2.75) is 13.5 Å². The summed E-state index contributed by atoms with van der Waals surface area (Å²) in [4.78, 5) is 20.8. The first-order valence-electron chi connectivity index (χ1n) is 8.69. The molecule has 1 N–H and O–H groups in total. The third-order valence-electron chi connectivity index (χ3n) is 4.32. The van der Waals surface area contributed by atoms with Gasteiger partial charge in [-0.1, -0.05) is 29.5 Å². The predicted octanol–water partition coefficient (Wildman–Crippen LogP) is 4.10. The van der Waals surface area contributed by atoms with Gasteiger partial charge in [0.05, 0.1) is 22.4 Å². The van der Waals surface area contributed by atoms with Crippen LogP contribution >= 0.6 is 11.3 Å². The first kappa shape index (κ1) is 17.6. The van der Waals surface area contributed by atoms with Gasteiger partial charge in [-0.15, -0.1) is 0 Å². The number of benzene rings is 2. The van der Waals surface area contributed by atoms with E-state index in [0.717, 1.165) is 21.1 Å². The SMILES string of the molecule is CCOCCn1c(=NC(=O)c2c[nH]c3ccccc23)sc2cc(F)ccc21. The number of amides is 1. The fourth-order valence-corrected chi connectivity index (χ4v) is 4.12. The Morgan fingerprint density at radius 1 is 1.30 bits per heavy atom. The number of halogens is 1. The van der Waals surface area contributed by atoms with Crippen molar-refractivity contribution in [2.24, 2.45) is 4.99 Å². The number of nitrogens with zero attached hydrogens (tertiary/aromatic N) is 2. The third kappa shape index (κ3) is 3.43. The standard InChI is InChI=1S/C20H18FN3O2S/c1-2-26-10-9-24-17-8-7-13(21)11-18(17)27-20(24)23-19(25)15-12-22-16-6-4-3-5-14(15)16/h3-8,11-12,22H,2,9-10H2,1H3. The summed E-state index contributed by atoms with van der Waals surface area (Å²) in [5.41, 5.74) is 2.25. The molecule has 4 aromatic rings. The van der Waals surface area contributed by atoms with Crippen molar-refractivity contribution in [2.75, 3.05) is 13.2 Å². The van der Waals surface area contributed by atoms with Gasteiger partial charge in [-0.3, -0.25) is 4.79 Å². The molecule has 0 bridgehead atoms. The highest BCUT2D eigenvalue weighted by Gasteiger charge is 2.13. The van der Waals surface area contributed by atoms with E-state index in [9.17, 15) is 9.18 Å². The van der Waals surface area contributed by atoms with Gasteiger partial charge in [0, 0.05) is 30.3 Å². The van der Waals surface area contributed by atoms with Gasteiger partial charge in [0.15, 0.2) is 4.80 Å². The highest BCUT2D eigenvalue weighted by molar-refractivity contribution is 7.16. The number of hydrogen-bond donors (Lipinski definition) is 1. The molecule has 0 radical (unpaired) electrons. The van der Waals surface area contributed by atoms with E-state index in [-0.39, 0.29) is 11.7 Å². The summed E-state index contributed by atoms with van der Waals surface area (Å²) < 4.78 is 21.7. The minimum atomic E-state index is -0.329. The molecule has 0 aliphatic carbocycles. The fourth-order valence-electron chi connectivity index (χ4n) is 3.04. The number of hydrogen-bond acceptors (Lipinski definition) is 3. The number of thiazole rings is 1. The van der Waals surface area contributed by atoms with Crippen LogP contribution < -0.4 is 4.80 Å². The molecule has 27 heavy (non-hydrogen) atoms. The minimum absolute atomic E-state index is 0.310. The number of para-hydroxylation sites is 1. The average molecular weight is 383 g/mol. The topological polar surface area (TPSA) is 59.4 Å². The van der Waals surface area contributed by atoms with Gasteiger partial charge < -0.3 is 14.3 Å². The molecule has 2 aromatic heterocycles. The molecular formula is C20H18FN3O2S. The zero-order chi connectivity index (χ0) is 18.8. The van der Waals surface area contributed by atoms with Gasteiger partial charge >= 0.3 is 0 Å². The first-order valence-corrected chi connectivity index (χ1v) is 9.51. The van der Waals surface area contributed by atoms with E-state index in [2.05, 4.69) is 9.98 Å². The zero-order valence-electron chi connectivity index (χ0n) is 14.7. The number of carbonyl (C=O) groups is 1. The van der Waals surface area contributed by atoms with Crippen LogP contribution in [0.3, 0.4) is 0 Å². The van der Waals surface area contributed by atoms with Crippen molar-refractivity contribution >= 4 is 38.4 Å². The number of aromatic amines is 1. The Morgan fingerprint density at radius 2 is 2.15 bits per heavy atom. The quantitative estimate of drug-likeness (QED) is 0.528. The van der Waals surface area contributed by atoms with Gasteiger partial charge in [-0.25, -0.2) is 4.39 Å². The lowest BCUT2D eigenvalue weighted by Gasteiger charge is -2.05. The van der Waals surface area contributed by atoms with Crippen LogP contribution in [-0.2, 0) is 11.3 Å². The van der Waals surface area contributed by atoms with Crippen LogP contribution in [0.2, 0.25) is 0 Å². The summed E-state index contributed by atoms with van der Waals surface area (Å²) >= 11 is 1.30. The summed E-state index contributed by atoms with van der Waals surface area (Å²) in [7, 11) is 0. The number of carbonyl (C=O) groups excluding carboxylic acids is 1. The Bertz CT molecular complexity index is 1190. The molecule has 2 aromatic carbocycles. The van der Waals surface area contributed by atoms with E-state index in [1.807, 2.05) is 35.8 Å². The van der Waals surface area contributed by atoms with Crippen molar-refractivity contribution in [1.29, 1.82) is 0 Å². The lowest BCUT2D eigenvalue weighted by Crippen LogP contribution is -2.19. The average Bonchev–Trinajstić information content (AvgIpc) is 3.23. The molecule has 7 heteroatoms. The molecule has 2 heterocycles. The number of rotatable bonds is 5. The maximum absolute atomic E-state index is 13.6. The fraction of sp³-hybridized carbons (Fsp3) is 0.200. The molecule has 0 unspecified atom stereocenters. The molecule has 138 valence electrons. The minimum Gasteiger partial charge on any atom is -0.380 e. The number of ether oxygens (including phenoxy) is 1. The molecule has 0 spiro atoms.